The molecule has 0 saturated carbocycles. The van der Waals surface area contributed by atoms with Crippen molar-refractivity contribution in [1.82, 2.24) is 0 Å². The molecule has 1 aliphatic rings. The van der Waals surface area contributed by atoms with Gasteiger partial charge in [-0.05, 0) is 57.7 Å². The molecule has 0 saturated heterocycles. The molecule has 1 N–H and O–H groups in total. The van der Waals surface area contributed by atoms with Crippen LogP contribution in [0.3, 0.4) is 0 Å². The highest BCUT2D eigenvalue weighted by molar-refractivity contribution is 9.10. The van der Waals surface area contributed by atoms with E-state index in [2.05, 4.69) is 31.9 Å². The van der Waals surface area contributed by atoms with Gasteiger partial charge in [0, 0.05) is 5.33 Å². The number of carboxylic acids is 1. The van der Waals surface area contributed by atoms with Crippen molar-refractivity contribution < 1.29 is 28.6 Å². The number of hydrogen-bond donors (Lipinski definition) is 1. The lowest BCUT2D eigenvalue weighted by atomic mass is 9.89. The Bertz CT molecular complexity index is 900. The van der Waals surface area contributed by atoms with E-state index in [1.165, 1.54) is 12.1 Å². The molecule has 0 spiro atoms. The van der Waals surface area contributed by atoms with Crippen molar-refractivity contribution in [3.63, 3.8) is 0 Å². The summed E-state index contributed by atoms with van der Waals surface area (Å²) < 4.78 is 25.2. The van der Waals surface area contributed by atoms with Crippen LogP contribution < -0.4 is 9.47 Å². The van der Waals surface area contributed by atoms with Gasteiger partial charge in [0.15, 0.2) is 24.0 Å². The predicted molar refractivity (Wildman–Crippen MR) is 103 cm³/mol. The first-order chi connectivity index (χ1) is 12.9. The number of fused-ring (bicyclic) bond motifs is 1. The average Bonchev–Trinajstić information content (AvgIpc) is 2.64. The summed E-state index contributed by atoms with van der Waals surface area (Å²) in [6.45, 7) is -0.427. The minimum absolute atomic E-state index is 0.0444. The van der Waals surface area contributed by atoms with E-state index in [0.717, 1.165) is 10.0 Å². The third-order valence-corrected chi connectivity index (χ3v) is 5.39. The SMILES string of the molecule is O=C(O)COc1cc(C[C@H]2COc3c(Br)cc(CBr)cc3C2=O)ccc1F. The largest absolute Gasteiger partial charge is 0.491 e. The van der Waals surface area contributed by atoms with Crippen molar-refractivity contribution in [1.29, 1.82) is 0 Å². The van der Waals surface area contributed by atoms with Crippen LogP contribution in [-0.2, 0) is 16.5 Å². The fourth-order valence-corrected chi connectivity index (χ4v) is 3.84. The van der Waals surface area contributed by atoms with E-state index in [9.17, 15) is 14.0 Å². The molecule has 0 unspecified atom stereocenters. The first-order valence-corrected chi connectivity index (χ1v) is 9.99. The van der Waals surface area contributed by atoms with Crippen molar-refractivity contribution in [2.75, 3.05) is 13.2 Å². The van der Waals surface area contributed by atoms with Crippen molar-refractivity contribution in [3.05, 3.63) is 57.3 Å². The van der Waals surface area contributed by atoms with Gasteiger partial charge in [0.1, 0.15) is 5.75 Å². The van der Waals surface area contributed by atoms with Gasteiger partial charge < -0.3 is 14.6 Å². The zero-order valence-electron chi connectivity index (χ0n) is 14.0. The smallest absolute Gasteiger partial charge is 0.341 e. The molecule has 0 amide bonds. The first kappa shape index (κ1) is 19.8. The second kappa shape index (κ2) is 8.39. The van der Waals surface area contributed by atoms with E-state index in [1.807, 2.05) is 6.07 Å². The number of rotatable bonds is 6. The van der Waals surface area contributed by atoms with E-state index in [1.54, 1.807) is 12.1 Å². The molecule has 1 aliphatic heterocycles. The number of aliphatic carboxylic acids is 1. The minimum atomic E-state index is -1.19. The monoisotopic (exact) mass is 500 g/mol. The molecule has 142 valence electrons. The second-order valence-electron chi connectivity index (χ2n) is 6.11. The van der Waals surface area contributed by atoms with Crippen LogP contribution in [0.5, 0.6) is 11.5 Å². The number of alkyl halides is 1. The number of ether oxygens (including phenoxy) is 2. The van der Waals surface area contributed by atoms with Crippen LogP contribution in [0.15, 0.2) is 34.8 Å². The molecule has 1 atom stereocenters. The number of Topliss-reactive ketones (excluding diaryl/α,β-unsaturated/α-hetero) is 1. The number of carboxylic acid groups (broad SMARTS) is 1. The molecular formula is C19H15Br2FO5. The zero-order chi connectivity index (χ0) is 19.6. The van der Waals surface area contributed by atoms with Gasteiger partial charge in [-0.15, -0.1) is 0 Å². The maximum absolute atomic E-state index is 13.8. The van der Waals surface area contributed by atoms with Gasteiger partial charge in [0.2, 0.25) is 0 Å². The molecule has 0 aromatic heterocycles. The number of carbonyl (C=O) groups excluding carboxylic acids is 1. The molecule has 3 rings (SSSR count). The Kier molecular flexibility index (Phi) is 6.16. The molecule has 0 bridgehead atoms. The summed E-state index contributed by atoms with van der Waals surface area (Å²) in [7, 11) is 0. The third-order valence-electron chi connectivity index (χ3n) is 4.15. The summed E-state index contributed by atoms with van der Waals surface area (Å²) in [5.74, 6) is -1.93. The Labute approximate surface area is 171 Å². The van der Waals surface area contributed by atoms with Gasteiger partial charge in [-0.1, -0.05) is 22.0 Å². The first-order valence-electron chi connectivity index (χ1n) is 8.07. The molecule has 2 aromatic rings. The highest BCUT2D eigenvalue weighted by atomic mass is 79.9. The van der Waals surface area contributed by atoms with Crippen LogP contribution in [0.25, 0.3) is 0 Å². The summed E-state index contributed by atoms with van der Waals surface area (Å²) in [5, 5.41) is 9.28. The van der Waals surface area contributed by atoms with Crippen LogP contribution in [0.2, 0.25) is 0 Å². The zero-order valence-corrected chi connectivity index (χ0v) is 17.2. The van der Waals surface area contributed by atoms with Crippen LogP contribution in [0, 0.1) is 11.7 Å². The van der Waals surface area contributed by atoms with Gasteiger partial charge in [-0.25, -0.2) is 9.18 Å². The van der Waals surface area contributed by atoms with Crippen molar-refractivity contribution in [2.24, 2.45) is 5.92 Å². The standard InChI is InChI=1S/C19H15Br2FO5/c20-7-11-4-13-18(25)12(8-27-19(13)14(21)5-11)3-10-1-2-15(22)16(6-10)26-9-17(23)24/h1-2,4-6,12H,3,7-9H2,(H,23,24)/t12-/m0/s1. The van der Waals surface area contributed by atoms with Crippen molar-refractivity contribution in [2.45, 2.75) is 11.8 Å². The Morgan fingerprint density at radius 3 is 2.78 bits per heavy atom. The van der Waals surface area contributed by atoms with Gasteiger partial charge in [0.05, 0.1) is 22.6 Å². The summed E-state index contributed by atoms with van der Waals surface area (Å²) >= 11 is 6.81. The Morgan fingerprint density at radius 2 is 2.07 bits per heavy atom. The lowest BCUT2D eigenvalue weighted by molar-refractivity contribution is -0.139. The Hall–Kier alpha value is -1.93. The van der Waals surface area contributed by atoms with E-state index in [4.69, 9.17) is 14.6 Å². The number of benzene rings is 2. The number of ketones is 1. The fourth-order valence-electron chi connectivity index (χ4n) is 2.90. The maximum Gasteiger partial charge on any atom is 0.341 e. The molecular weight excluding hydrogens is 487 g/mol. The highest BCUT2D eigenvalue weighted by Gasteiger charge is 2.31. The molecule has 0 aliphatic carbocycles. The molecule has 2 aromatic carbocycles. The van der Waals surface area contributed by atoms with Crippen molar-refractivity contribution in [3.8, 4) is 11.5 Å². The fraction of sp³-hybridized carbons (Fsp3) is 0.263. The molecule has 0 fully saturated rings. The van der Waals surface area contributed by atoms with Crippen LogP contribution in [0.1, 0.15) is 21.5 Å². The lowest BCUT2D eigenvalue weighted by Gasteiger charge is -2.25. The van der Waals surface area contributed by atoms with Crippen LogP contribution in [-0.4, -0.2) is 30.1 Å². The van der Waals surface area contributed by atoms with Gasteiger partial charge in [0.25, 0.3) is 0 Å². The van der Waals surface area contributed by atoms with E-state index >= 15 is 0 Å². The van der Waals surface area contributed by atoms with Crippen LogP contribution >= 0.6 is 31.9 Å². The van der Waals surface area contributed by atoms with E-state index in [0.29, 0.717) is 28.6 Å². The minimum Gasteiger partial charge on any atom is -0.491 e. The maximum atomic E-state index is 13.8. The normalized spacial score (nSPS) is 15.8. The van der Waals surface area contributed by atoms with E-state index in [-0.39, 0.29) is 18.1 Å². The lowest BCUT2D eigenvalue weighted by Crippen LogP contribution is -2.30. The Balaban J connectivity index is 1.81. The molecule has 5 nitrogen and oxygen atoms in total. The second-order valence-corrected chi connectivity index (χ2v) is 7.53. The van der Waals surface area contributed by atoms with E-state index < -0.39 is 24.3 Å². The van der Waals surface area contributed by atoms with Crippen LogP contribution in [0.4, 0.5) is 4.39 Å². The molecule has 0 radical (unpaired) electrons. The summed E-state index contributed by atoms with van der Waals surface area (Å²) in [5.41, 5.74) is 2.13. The molecule has 8 heteroatoms. The van der Waals surface area contributed by atoms with Gasteiger partial charge in [-0.2, -0.15) is 0 Å². The summed E-state index contributed by atoms with van der Waals surface area (Å²) in [4.78, 5) is 23.5. The predicted octanol–water partition coefficient (Wildman–Crippen LogP) is 4.38. The average molecular weight is 502 g/mol. The number of carbonyl (C=O) groups is 2. The highest BCUT2D eigenvalue weighted by Crippen LogP contribution is 2.37. The quantitative estimate of drug-likeness (QED) is 0.594. The molecule has 1 heterocycles. The topological polar surface area (TPSA) is 72.8 Å². The third kappa shape index (κ3) is 4.50. The van der Waals surface area contributed by atoms with Crippen molar-refractivity contribution >= 4 is 43.6 Å². The van der Waals surface area contributed by atoms with Gasteiger partial charge in [-0.3, -0.25) is 4.79 Å². The number of hydrogen-bond acceptors (Lipinski definition) is 4. The molecule has 27 heavy (non-hydrogen) atoms. The van der Waals surface area contributed by atoms with Gasteiger partial charge >= 0.3 is 5.97 Å². The Morgan fingerprint density at radius 1 is 1.30 bits per heavy atom. The number of halogens is 3. The summed E-state index contributed by atoms with van der Waals surface area (Å²) in [6, 6.07) is 7.87. The summed E-state index contributed by atoms with van der Waals surface area (Å²) in [6.07, 6.45) is 0.331.